The van der Waals surface area contributed by atoms with Crippen LogP contribution < -0.4 is 22.9 Å². The van der Waals surface area contributed by atoms with Gasteiger partial charge in [0.2, 0.25) is 11.9 Å². The lowest BCUT2D eigenvalue weighted by Crippen LogP contribution is -2.25. The largest absolute Gasteiger partial charge is 0.542 e. The summed E-state index contributed by atoms with van der Waals surface area (Å²) in [4.78, 5) is 0. The first kappa shape index (κ1) is 11.1. The minimum Gasteiger partial charge on any atom is -0.367 e. The first-order chi connectivity index (χ1) is 5.83. The fraction of sp³-hybridized carbons (Fsp3) is 0. The highest BCUT2D eigenvalue weighted by molar-refractivity contribution is 7.81. The van der Waals surface area contributed by atoms with Gasteiger partial charge in [0, 0.05) is 0 Å². The molecule has 8 N–H and O–H groups in total. The second-order valence-corrected chi connectivity index (χ2v) is 2.70. The molecule has 0 saturated carbocycles. The van der Waals surface area contributed by atoms with Crippen molar-refractivity contribution in [3.05, 3.63) is 0 Å². The first-order valence-electron chi connectivity index (χ1n) is 2.63. The summed E-state index contributed by atoms with van der Waals surface area (Å²) >= 11 is 0. The molecule has 0 spiro atoms. The van der Waals surface area contributed by atoms with Gasteiger partial charge >= 0.3 is 10.4 Å². The number of oxime groups is 2. The summed E-state index contributed by atoms with van der Waals surface area (Å²) in [6, 6.07) is 0. The molecule has 76 valence electrons. The zero-order valence-electron chi connectivity index (χ0n) is 6.25. The number of guanidine groups is 2. The Morgan fingerprint density at radius 2 is 1.23 bits per heavy atom. The Labute approximate surface area is 73.4 Å². The Kier molecular flexibility index (Phi) is 3.58. The maximum absolute atomic E-state index is 10.6. The van der Waals surface area contributed by atoms with E-state index in [1.807, 2.05) is 0 Å². The molecule has 0 aromatic rings. The molecule has 0 aromatic carbocycles. The summed E-state index contributed by atoms with van der Waals surface area (Å²) < 4.78 is 28.5. The van der Waals surface area contributed by atoms with Crippen LogP contribution in [0, 0.1) is 0 Å². The van der Waals surface area contributed by atoms with Crippen LogP contribution in [0.3, 0.4) is 0 Å². The number of nitrogens with zero attached hydrogens (tertiary/aromatic N) is 2. The second kappa shape index (κ2) is 4.20. The highest BCUT2D eigenvalue weighted by atomic mass is 32.3. The summed E-state index contributed by atoms with van der Waals surface area (Å²) in [5.41, 5.74) is 19.0. The van der Waals surface area contributed by atoms with Crippen LogP contribution in [0.5, 0.6) is 0 Å². The van der Waals surface area contributed by atoms with Crippen LogP contribution in [0.25, 0.3) is 0 Å². The van der Waals surface area contributed by atoms with E-state index in [0.29, 0.717) is 0 Å². The molecule has 0 atom stereocenters. The monoisotopic (exact) mass is 212 g/mol. The van der Waals surface area contributed by atoms with Crippen molar-refractivity contribution in [3.63, 3.8) is 0 Å². The average Bonchev–Trinajstić information content (AvgIpc) is 1.98. The van der Waals surface area contributed by atoms with Gasteiger partial charge in [0.15, 0.2) is 0 Å². The van der Waals surface area contributed by atoms with E-state index in [0.717, 1.165) is 0 Å². The van der Waals surface area contributed by atoms with E-state index < -0.39 is 22.3 Å². The summed E-state index contributed by atoms with van der Waals surface area (Å²) in [5, 5.41) is 5.37. The van der Waals surface area contributed by atoms with Gasteiger partial charge in [0.25, 0.3) is 0 Å². The molecule has 11 heteroatoms. The van der Waals surface area contributed by atoms with Gasteiger partial charge in [-0.2, -0.15) is 0 Å². The second-order valence-electron chi connectivity index (χ2n) is 1.59. The topological polar surface area (TPSA) is 181 Å². The van der Waals surface area contributed by atoms with Crippen LogP contribution in [0.4, 0.5) is 0 Å². The number of rotatable bonds is 4. The Bertz CT molecular complexity index is 284. The smallest absolute Gasteiger partial charge is 0.367 e. The first-order valence-corrected chi connectivity index (χ1v) is 3.97. The van der Waals surface area contributed by atoms with Crippen LogP contribution in [0.2, 0.25) is 0 Å². The summed E-state index contributed by atoms with van der Waals surface area (Å²) in [7, 11) is -4.47. The number of nitrogens with two attached hydrogens (primary N) is 4. The van der Waals surface area contributed by atoms with Crippen molar-refractivity contribution in [3.8, 4) is 0 Å². The molecular formula is C2H8N6O4S. The molecule has 0 amide bonds. The summed E-state index contributed by atoms with van der Waals surface area (Å²) in [5.74, 6) is -1.20. The molecule has 0 bridgehead atoms. The molecule has 0 fully saturated rings. The molecular weight excluding hydrogens is 204 g/mol. The van der Waals surface area contributed by atoms with Gasteiger partial charge in [-0.1, -0.05) is 0 Å². The molecule has 0 rings (SSSR count). The standard InChI is InChI=1S/C2H8N6O4S/c3-1(4)7-11-13(9,10)12-8-2(5)6/h(H4,3,4,7)(H4,5,6,8). The number of hydrogen-bond donors (Lipinski definition) is 4. The van der Waals surface area contributed by atoms with Crippen LogP contribution >= 0.6 is 0 Å². The maximum atomic E-state index is 10.6. The van der Waals surface area contributed by atoms with Crippen molar-refractivity contribution in [1.29, 1.82) is 0 Å². The SMILES string of the molecule is NC(N)=NOS(=O)(=O)ON=C(N)N. The molecule has 0 aliphatic heterocycles. The Morgan fingerprint density at radius 3 is 1.46 bits per heavy atom. The quantitative estimate of drug-likeness (QED) is 0.211. The van der Waals surface area contributed by atoms with Crippen molar-refractivity contribution in [2.45, 2.75) is 0 Å². The fourth-order valence-corrected chi connectivity index (χ4v) is 0.573. The third-order valence-electron chi connectivity index (χ3n) is 0.468. The van der Waals surface area contributed by atoms with Gasteiger partial charge < -0.3 is 22.9 Å². The van der Waals surface area contributed by atoms with Gasteiger partial charge in [0.05, 0.1) is 0 Å². The highest BCUT2D eigenvalue weighted by Crippen LogP contribution is 1.95. The third-order valence-corrected chi connectivity index (χ3v) is 0.982. The van der Waals surface area contributed by atoms with Crippen LogP contribution in [-0.4, -0.2) is 20.3 Å². The van der Waals surface area contributed by atoms with Crippen molar-refractivity contribution in [2.75, 3.05) is 0 Å². The predicted molar refractivity (Wildman–Crippen MR) is 42.7 cm³/mol. The van der Waals surface area contributed by atoms with Crippen LogP contribution in [0.1, 0.15) is 0 Å². The highest BCUT2D eigenvalue weighted by Gasteiger charge is 2.13. The normalized spacial score (nSPS) is 9.85. The van der Waals surface area contributed by atoms with E-state index in [-0.39, 0.29) is 0 Å². The van der Waals surface area contributed by atoms with E-state index in [4.69, 9.17) is 22.9 Å². The van der Waals surface area contributed by atoms with Crippen LogP contribution in [0.15, 0.2) is 10.3 Å². The lowest BCUT2D eigenvalue weighted by molar-refractivity contribution is 0.228. The van der Waals surface area contributed by atoms with Crippen molar-refractivity contribution < 1.29 is 17.0 Å². The average molecular weight is 212 g/mol. The zero-order valence-corrected chi connectivity index (χ0v) is 7.06. The Hall–Kier alpha value is -1.91. The van der Waals surface area contributed by atoms with E-state index >= 15 is 0 Å². The van der Waals surface area contributed by atoms with Crippen molar-refractivity contribution >= 4 is 22.3 Å². The van der Waals surface area contributed by atoms with Crippen molar-refractivity contribution in [2.24, 2.45) is 33.2 Å². The lowest BCUT2D eigenvalue weighted by atomic mass is 11.1. The minimum absolute atomic E-state index is 0.600. The fourth-order valence-electron chi connectivity index (χ4n) is 0.191. The van der Waals surface area contributed by atoms with E-state index in [1.54, 1.807) is 0 Å². The molecule has 13 heavy (non-hydrogen) atoms. The van der Waals surface area contributed by atoms with Crippen LogP contribution in [-0.2, 0) is 19.0 Å². The van der Waals surface area contributed by atoms with Gasteiger partial charge in [0.1, 0.15) is 0 Å². The van der Waals surface area contributed by atoms with E-state index in [2.05, 4.69) is 18.9 Å². The molecule has 0 radical (unpaired) electrons. The number of hydrogen-bond acceptors (Lipinski definition) is 6. The summed E-state index contributed by atoms with van der Waals surface area (Å²) in [6.07, 6.45) is 0. The van der Waals surface area contributed by atoms with E-state index in [9.17, 15) is 8.42 Å². The zero-order chi connectivity index (χ0) is 10.5. The molecule has 0 aliphatic rings. The van der Waals surface area contributed by atoms with Crippen molar-refractivity contribution in [1.82, 2.24) is 0 Å². The van der Waals surface area contributed by atoms with Gasteiger partial charge in [-0.05, 0) is 10.3 Å². The molecule has 0 heterocycles. The molecule has 0 aliphatic carbocycles. The predicted octanol–water partition coefficient (Wildman–Crippen LogP) is -3.36. The maximum Gasteiger partial charge on any atom is 0.542 e. The van der Waals surface area contributed by atoms with Gasteiger partial charge in [-0.15, -0.1) is 8.42 Å². The molecule has 0 unspecified atom stereocenters. The summed E-state index contributed by atoms with van der Waals surface area (Å²) in [6.45, 7) is 0. The Morgan fingerprint density at radius 1 is 0.923 bits per heavy atom. The van der Waals surface area contributed by atoms with Gasteiger partial charge in [-0.25, -0.2) is 8.57 Å². The molecule has 0 saturated heterocycles. The minimum atomic E-state index is -4.47. The lowest BCUT2D eigenvalue weighted by Gasteiger charge is -1.96. The van der Waals surface area contributed by atoms with Gasteiger partial charge in [-0.3, -0.25) is 0 Å². The third kappa shape index (κ3) is 6.49. The van der Waals surface area contributed by atoms with E-state index in [1.165, 1.54) is 0 Å². The molecule has 0 aromatic heterocycles. The molecule has 10 nitrogen and oxygen atoms in total. The Balaban J connectivity index is 4.27.